The molecule has 0 bridgehead atoms. The average Bonchev–Trinajstić information content (AvgIpc) is 1.60. The third kappa shape index (κ3) is 22.2. The van der Waals surface area contributed by atoms with Crippen molar-refractivity contribution in [2.75, 3.05) is 156 Å². The van der Waals surface area contributed by atoms with Crippen LogP contribution < -0.4 is 59.1 Å². The van der Waals surface area contributed by atoms with Crippen LogP contribution in [0.3, 0.4) is 0 Å². The van der Waals surface area contributed by atoms with Crippen LogP contribution in [0, 0.1) is 0 Å². The van der Waals surface area contributed by atoms with Gasteiger partial charge in [0.1, 0.15) is 11.4 Å². The monoisotopic (exact) mass is 1950 g/mol. The first-order valence-electron chi connectivity index (χ1n) is 49.0. The molecule has 6 atom stereocenters. The molecule has 0 spiro atoms. The number of rotatable bonds is 36. The van der Waals surface area contributed by atoms with Gasteiger partial charge in [-0.05, 0) is 178 Å². The van der Waals surface area contributed by atoms with Crippen LogP contribution in [0.1, 0.15) is 222 Å². The van der Waals surface area contributed by atoms with E-state index in [0.29, 0.717) is 143 Å². The fourth-order valence-corrected chi connectivity index (χ4v) is 20.3. The summed E-state index contributed by atoms with van der Waals surface area (Å²) in [5, 5.41) is 8.78. The van der Waals surface area contributed by atoms with Crippen LogP contribution in [0.25, 0.3) is 0 Å². The second kappa shape index (κ2) is 46.9. The number of fused-ring (bicyclic) bond motifs is 3. The molecule has 18 rings (SSSR count). The molecule has 0 aliphatic carbocycles. The number of amides is 9. The van der Waals surface area contributed by atoms with Gasteiger partial charge in [-0.2, -0.15) is 0 Å². The fourth-order valence-electron chi connectivity index (χ4n) is 20.3. The number of nitrogens with one attached hydrogen (secondary N) is 3. The predicted octanol–water partition coefficient (Wildman–Crippen LogP) is 15.3. The Morgan fingerprint density at radius 2 is 0.667 bits per heavy atom. The van der Waals surface area contributed by atoms with Crippen molar-refractivity contribution in [2.24, 2.45) is 14.1 Å². The van der Waals surface area contributed by atoms with Gasteiger partial charge in [0.2, 0.25) is 0 Å². The van der Waals surface area contributed by atoms with E-state index in [0.717, 1.165) is 112 Å². The highest BCUT2D eigenvalue weighted by Gasteiger charge is 2.48. The number of benzene rings is 9. The summed E-state index contributed by atoms with van der Waals surface area (Å²) in [7, 11) is 12.9. The van der Waals surface area contributed by atoms with Gasteiger partial charge in [0, 0.05) is 155 Å². The summed E-state index contributed by atoms with van der Waals surface area (Å²) in [4.78, 5) is 154. The molecule has 6 aliphatic heterocycles. The molecule has 748 valence electrons. The summed E-state index contributed by atoms with van der Waals surface area (Å²) in [6.07, 6.45) is 12.3. The fraction of sp³-hybridized carbons (Fsp3) is 0.339. The number of methoxy groups -OCH3 is 6. The number of carbonyl (C=O) groups excluding carboxylic acids is 9. The van der Waals surface area contributed by atoms with Crippen molar-refractivity contribution in [1.29, 1.82) is 0 Å². The number of imidazole rings is 2. The van der Waals surface area contributed by atoms with Gasteiger partial charge in [-0.25, -0.2) is 9.97 Å². The number of pyridine rings is 1. The minimum absolute atomic E-state index is 0.205. The first kappa shape index (κ1) is 101. The summed E-state index contributed by atoms with van der Waals surface area (Å²) in [5.74, 6) is 0.521. The molecule has 9 amide bonds. The SMILES string of the molecule is COc1ccc([C@@H](CCCNC(=O)c2ccncc2)N2C(=O)c3cccc(N4CCN([C@H](C)c5ccccc5)CC4)c3C2=O)cc1OC.COc1ccc([C@@H](CCCNC(=O)c2cn(C)cn2)N2C(=O)c3cccc(N4CCN([C@H](C)c5ccccc5)CC4)c3C2=O)cc1OC.COc1ccc([C@@H](CCCNC(=O)c2cncn2C)N2C(=O)c3cccc(N4CCN([C@H](C)c5ccccc5)CC4)c3C2=O)cc1OC. The molecule has 32 heteroatoms. The maximum atomic E-state index is 14.4. The van der Waals surface area contributed by atoms with Crippen LogP contribution in [0.5, 0.6) is 34.5 Å². The predicted molar refractivity (Wildman–Crippen MR) is 549 cm³/mol. The van der Waals surface area contributed by atoms with Crippen molar-refractivity contribution in [3.05, 3.63) is 333 Å². The van der Waals surface area contributed by atoms with Crippen LogP contribution >= 0.6 is 0 Å². The number of nitrogens with zero attached hydrogens (tertiary/aromatic N) is 14. The van der Waals surface area contributed by atoms with Crippen LogP contribution in [-0.4, -0.2) is 247 Å². The number of hydrogen-bond acceptors (Lipinski definition) is 24. The zero-order chi connectivity index (χ0) is 101. The lowest BCUT2D eigenvalue weighted by Crippen LogP contribution is -2.47. The van der Waals surface area contributed by atoms with Crippen molar-refractivity contribution in [2.45, 2.75) is 95.5 Å². The lowest BCUT2D eigenvalue weighted by molar-refractivity contribution is 0.0556. The Labute approximate surface area is 839 Å². The van der Waals surface area contributed by atoms with Gasteiger partial charge in [-0.1, -0.05) is 127 Å². The molecule has 3 N–H and O–H groups in total. The largest absolute Gasteiger partial charge is 0.493 e. The molecule has 144 heavy (non-hydrogen) atoms. The van der Waals surface area contributed by atoms with E-state index < -0.39 is 18.1 Å². The molecule has 0 radical (unpaired) electrons. The second-order valence-electron chi connectivity index (χ2n) is 36.5. The number of ether oxygens (including phenoxy) is 6. The third-order valence-corrected chi connectivity index (χ3v) is 28.3. The van der Waals surface area contributed by atoms with Crippen molar-refractivity contribution in [3.63, 3.8) is 0 Å². The molecular formula is C112H125N17O15. The zero-order valence-corrected chi connectivity index (χ0v) is 83.4. The first-order valence-corrected chi connectivity index (χ1v) is 49.0. The molecule has 3 fully saturated rings. The minimum atomic E-state index is -0.597. The first-order chi connectivity index (χ1) is 70.0. The molecule has 32 nitrogen and oxygen atoms in total. The Bertz CT molecular complexity index is 6560. The zero-order valence-electron chi connectivity index (χ0n) is 83.4. The molecule has 9 aromatic carbocycles. The summed E-state index contributed by atoms with van der Waals surface area (Å²) in [5.41, 5.74) is 12.3. The highest BCUT2D eigenvalue weighted by Crippen LogP contribution is 2.46. The van der Waals surface area contributed by atoms with E-state index in [1.165, 1.54) is 37.6 Å². The van der Waals surface area contributed by atoms with E-state index in [4.69, 9.17) is 28.4 Å². The summed E-state index contributed by atoms with van der Waals surface area (Å²) in [6, 6.07) is 66.8. The minimum Gasteiger partial charge on any atom is -0.493 e. The summed E-state index contributed by atoms with van der Waals surface area (Å²) >= 11 is 0. The van der Waals surface area contributed by atoms with Gasteiger partial charge in [0.25, 0.3) is 53.2 Å². The number of aryl methyl sites for hydroxylation is 2. The van der Waals surface area contributed by atoms with E-state index >= 15 is 0 Å². The normalized spacial score (nSPS) is 16.0. The molecule has 0 unspecified atom stereocenters. The smallest absolute Gasteiger partial charge is 0.271 e. The topological polar surface area (TPSA) is 323 Å². The van der Waals surface area contributed by atoms with E-state index in [2.05, 4.69) is 154 Å². The maximum absolute atomic E-state index is 14.4. The Kier molecular flexibility index (Phi) is 33.0. The van der Waals surface area contributed by atoms with Crippen LogP contribution in [0.4, 0.5) is 17.1 Å². The van der Waals surface area contributed by atoms with E-state index in [-0.39, 0.29) is 71.3 Å². The second-order valence-corrected chi connectivity index (χ2v) is 36.5. The Morgan fingerprint density at radius 1 is 0.340 bits per heavy atom. The van der Waals surface area contributed by atoms with Gasteiger partial charge in [-0.15, -0.1) is 0 Å². The van der Waals surface area contributed by atoms with E-state index in [9.17, 15) is 43.2 Å². The molecule has 3 saturated heterocycles. The Morgan fingerprint density at radius 3 is 0.972 bits per heavy atom. The molecule has 12 aromatic rings. The van der Waals surface area contributed by atoms with Crippen molar-refractivity contribution < 1.29 is 71.6 Å². The lowest BCUT2D eigenvalue weighted by Gasteiger charge is -2.39. The van der Waals surface area contributed by atoms with Crippen molar-refractivity contribution >= 4 is 70.2 Å². The van der Waals surface area contributed by atoms with Gasteiger partial charge in [-0.3, -0.25) is 77.5 Å². The molecular weight excluding hydrogens is 1820 g/mol. The number of piperazine rings is 3. The number of carbonyl (C=O) groups is 9. The molecule has 3 aromatic heterocycles. The lowest BCUT2D eigenvalue weighted by atomic mass is 9.99. The number of anilines is 3. The van der Waals surface area contributed by atoms with Gasteiger partial charge >= 0.3 is 0 Å². The van der Waals surface area contributed by atoms with E-state index in [1.807, 2.05) is 91.0 Å². The summed E-state index contributed by atoms with van der Waals surface area (Å²) in [6.45, 7) is 17.2. The van der Waals surface area contributed by atoms with Gasteiger partial charge in [0.15, 0.2) is 34.5 Å². The number of imide groups is 3. The van der Waals surface area contributed by atoms with Crippen molar-refractivity contribution in [1.82, 2.24) is 69.4 Å². The molecule has 0 saturated carbocycles. The van der Waals surface area contributed by atoms with Gasteiger partial charge in [0.05, 0.1) is 130 Å². The number of aromatic nitrogens is 5. The third-order valence-electron chi connectivity index (χ3n) is 28.3. The average molecular weight is 1950 g/mol. The molecule has 6 aliphatic rings. The van der Waals surface area contributed by atoms with Crippen LogP contribution in [-0.2, 0) is 14.1 Å². The van der Waals surface area contributed by atoms with Crippen LogP contribution in [0.15, 0.2) is 250 Å². The van der Waals surface area contributed by atoms with Crippen LogP contribution in [0.2, 0.25) is 0 Å². The van der Waals surface area contributed by atoms with Crippen molar-refractivity contribution in [3.8, 4) is 34.5 Å². The quantitative estimate of drug-likeness (QED) is 0.0243. The Balaban J connectivity index is 0.000000155. The Hall–Kier alpha value is -15.5. The van der Waals surface area contributed by atoms with E-state index in [1.54, 1.807) is 146 Å². The standard InChI is InChI=1S/C38H41N5O5.2C37H42N6O5/c1-26(27-9-5-4-6-10-27)41-21-23-42(24-22-41)32-12-7-11-30-35(32)38(46)43(37(30)45)31(29-14-15-33(47-2)34(25-29)48-3)13-8-18-40-36(44)28-16-19-39-20-17-28;1-25(26-10-6-5-7-11-26)41-18-20-42(21-19-41)31-13-8-12-28-34(31)37(46)43(36(28)45)30(27-15-16-32(47-3)33(22-27)48-4)14-9-17-38-35(44)29-23-40(2)24-39-29;1-25(26-10-6-5-7-11-26)41-18-20-42(21-19-41)30-13-8-12-28-34(30)37(46)43(36(28)45)29(27-15-16-32(47-3)33(22-27)48-4)14-9-17-39-35(44)31-23-38-24-40(31)2/h4-7,9-12,14-17,19-20,25-26,31H,8,13,18,21-24H2,1-3H3,(H,40,44);5-8,10-13,15-16,22-25,30H,9,14,17-21H2,1-4H3,(H,38,44);5-8,10-13,15-16,22-25,29H,9,14,17-21H2,1-4H3,(H,39,44)/t26-,31-;25-,30-;25-,29-/m111/s1. The maximum Gasteiger partial charge on any atom is 0.271 e. The van der Waals surface area contributed by atoms with Gasteiger partial charge < -0.3 is 68.2 Å². The summed E-state index contributed by atoms with van der Waals surface area (Å²) < 4.78 is 36.5. The highest BCUT2D eigenvalue weighted by atomic mass is 16.5. The number of hydrogen-bond donors (Lipinski definition) is 3. The highest BCUT2D eigenvalue weighted by molar-refractivity contribution is 6.26. The molecule has 9 heterocycles.